The molecular weight excluding hydrogens is 327 g/mol. The summed E-state index contributed by atoms with van der Waals surface area (Å²) < 4.78 is 31.6. The van der Waals surface area contributed by atoms with Crippen molar-refractivity contribution in [3.8, 4) is 0 Å². The summed E-state index contributed by atoms with van der Waals surface area (Å²) in [5.41, 5.74) is 0. The third-order valence-electron chi connectivity index (χ3n) is 0. The molecule has 0 saturated carbocycles. The molecule has 0 aromatic rings. The Morgan fingerprint density at radius 2 is 1.09 bits per heavy atom. The zero-order valence-electron chi connectivity index (χ0n) is 4.71. The second-order valence-electron chi connectivity index (χ2n) is 0.448. The first-order valence-electron chi connectivity index (χ1n) is 1.03. The minimum Gasteiger partial charge on any atom is -0.274 e. The molecule has 0 bridgehead atoms. The van der Waals surface area contributed by atoms with E-state index in [-0.39, 0.29) is 71.0 Å². The normalized spacial score (nSPS) is 5.82. The average molecular weight is 336 g/mol. The van der Waals surface area contributed by atoms with Crippen LogP contribution >= 0.6 is 0 Å². The molecule has 0 atom stereocenters. The SMILES string of the molecule is NN.O=S(=O)(O)O.[AlH3].[Fe].[Mn].[Zn]. The fourth-order valence-electron chi connectivity index (χ4n) is 0. The Hall–Kier alpha value is 1.98. The van der Waals surface area contributed by atoms with E-state index in [1.807, 2.05) is 0 Å². The van der Waals surface area contributed by atoms with Gasteiger partial charge in [0, 0.05) is 53.6 Å². The van der Waals surface area contributed by atoms with E-state index in [0.29, 0.717) is 0 Å². The van der Waals surface area contributed by atoms with Crippen LogP contribution in [0.5, 0.6) is 0 Å². The van der Waals surface area contributed by atoms with Gasteiger partial charge < -0.3 is 0 Å². The molecule has 0 aromatic heterocycles. The van der Waals surface area contributed by atoms with Gasteiger partial charge in [-0.3, -0.25) is 20.8 Å². The van der Waals surface area contributed by atoms with Crippen molar-refractivity contribution in [2.75, 3.05) is 0 Å². The van der Waals surface area contributed by atoms with Crippen molar-refractivity contribution >= 4 is 27.8 Å². The summed E-state index contributed by atoms with van der Waals surface area (Å²) in [5.74, 6) is 8.00. The van der Waals surface area contributed by atoms with Crippen LogP contribution in [-0.4, -0.2) is 34.9 Å². The predicted molar refractivity (Wildman–Crippen MR) is 32.5 cm³/mol. The van der Waals surface area contributed by atoms with Gasteiger partial charge >= 0.3 is 10.4 Å². The number of nitrogens with two attached hydrogens (primary N) is 2. The van der Waals surface area contributed by atoms with E-state index in [2.05, 4.69) is 11.7 Å². The molecule has 6 nitrogen and oxygen atoms in total. The maximum atomic E-state index is 8.74. The second kappa shape index (κ2) is 22.7. The molecule has 0 amide bonds. The van der Waals surface area contributed by atoms with Gasteiger partial charge in [-0.25, -0.2) is 0 Å². The van der Waals surface area contributed by atoms with Gasteiger partial charge in [0.15, 0.2) is 17.4 Å². The maximum Gasteiger partial charge on any atom is 0.394 e. The first kappa shape index (κ1) is 38.2. The average Bonchev–Trinajstić information content (AvgIpc) is 1.36. The first-order valence-corrected chi connectivity index (χ1v) is 2.43. The van der Waals surface area contributed by atoms with Crippen LogP contribution in [0, 0.1) is 0 Å². The van der Waals surface area contributed by atoms with Crippen LogP contribution < -0.4 is 11.7 Å². The zero-order valence-corrected chi connectivity index (χ0v) is 10.8. The summed E-state index contributed by atoms with van der Waals surface area (Å²) in [4.78, 5) is 0. The molecule has 0 heterocycles. The predicted octanol–water partition coefficient (Wildman–Crippen LogP) is -3.03. The monoisotopic (exact) mass is 335 g/mol. The molecular formula is H9AlFeMnN2O4SZn. The molecule has 0 rings (SSSR count). The Bertz CT molecular complexity index is 111. The van der Waals surface area contributed by atoms with Gasteiger partial charge in [0.2, 0.25) is 0 Å². The van der Waals surface area contributed by atoms with Crippen LogP contribution in [0.1, 0.15) is 0 Å². The van der Waals surface area contributed by atoms with E-state index >= 15 is 0 Å². The van der Waals surface area contributed by atoms with Crippen LogP contribution in [0.15, 0.2) is 0 Å². The van der Waals surface area contributed by atoms with Gasteiger partial charge in [0.05, 0.1) is 0 Å². The van der Waals surface area contributed by atoms with Gasteiger partial charge in [-0.05, 0) is 0 Å². The van der Waals surface area contributed by atoms with Crippen LogP contribution in [0.4, 0.5) is 0 Å². The molecule has 69 valence electrons. The summed E-state index contributed by atoms with van der Waals surface area (Å²) in [6.07, 6.45) is 0. The molecule has 1 radical (unpaired) electrons. The Labute approximate surface area is 110 Å². The molecule has 11 heteroatoms. The van der Waals surface area contributed by atoms with E-state index in [0.717, 1.165) is 0 Å². The van der Waals surface area contributed by atoms with Gasteiger partial charge in [-0.15, -0.1) is 0 Å². The molecule has 0 saturated heterocycles. The van der Waals surface area contributed by atoms with Crippen LogP contribution in [-0.2, 0) is 64.0 Å². The third kappa shape index (κ3) is 303. The van der Waals surface area contributed by atoms with Crippen LogP contribution in [0.25, 0.3) is 0 Å². The van der Waals surface area contributed by atoms with Gasteiger partial charge in [0.1, 0.15) is 0 Å². The molecule has 0 fully saturated rings. The Kier molecular flexibility index (Phi) is 78.8. The van der Waals surface area contributed by atoms with E-state index in [9.17, 15) is 0 Å². The summed E-state index contributed by atoms with van der Waals surface area (Å²) in [6.45, 7) is 0. The minimum atomic E-state index is -4.67. The van der Waals surface area contributed by atoms with E-state index in [1.165, 1.54) is 0 Å². The van der Waals surface area contributed by atoms with Gasteiger partial charge in [-0.2, -0.15) is 8.42 Å². The molecule has 6 N–H and O–H groups in total. The Morgan fingerprint density at radius 1 is 1.09 bits per heavy atom. The second-order valence-corrected chi connectivity index (χ2v) is 1.34. The van der Waals surface area contributed by atoms with Crippen molar-refractivity contribution in [3.63, 3.8) is 0 Å². The summed E-state index contributed by atoms with van der Waals surface area (Å²) in [7, 11) is -4.67. The van der Waals surface area contributed by atoms with Gasteiger partial charge in [0.25, 0.3) is 0 Å². The number of rotatable bonds is 0. The molecule has 11 heavy (non-hydrogen) atoms. The smallest absolute Gasteiger partial charge is 0.274 e. The molecule has 0 aliphatic rings. The van der Waals surface area contributed by atoms with Crippen molar-refractivity contribution in [1.82, 2.24) is 0 Å². The largest absolute Gasteiger partial charge is 0.394 e. The Morgan fingerprint density at radius 3 is 1.09 bits per heavy atom. The number of hydrazine groups is 1. The summed E-state index contributed by atoms with van der Waals surface area (Å²) in [6, 6.07) is 0. The maximum absolute atomic E-state index is 8.74. The number of hydrogen-bond donors (Lipinski definition) is 4. The molecule has 0 unspecified atom stereocenters. The fraction of sp³-hybridized carbons (Fsp3) is 0. The molecule has 0 aromatic carbocycles. The quantitative estimate of drug-likeness (QED) is 0.161. The topological polar surface area (TPSA) is 127 Å². The van der Waals surface area contributed by atoms with E-state index < -0.39 is 10.4 Å². The van der Waals surface area contributed by atoms with Gasteiger partial charge in [-0.1, -0.05) is 0 Å². The molecule has 0 aliphatic heterocycles. The van der Waals surface area contributed by atoms with Crippen molar-refractivity contribution in [1.29, 1.82) is 0 Å². The van der Waals surface area contributed by atoms with Crippen molar-refractivity contribution in [3.05, 3.63) is 0 Å². The summed E-state index contributed by atoms with van der Waals surface area (Å²) in [5, 5.41) is 0. The Balaban J connectivity index is -0.00000000972. The molecule has 0 aliphatic carbocycles. The minimum absolute atomic E-state index is 0. The zero-order chi connectivity index (χ0) is 6.50. The van der Waals surface area contributed by atoms with E-state index in [1.54, 1.807) is 0 Å². The third-order valence-corrected chi connectivity index (χ3v) is 0. The fourth-order valence-corrected chi connectivity index (χ4v) is 0. The number of hydrogen-bond acceptors (Lipinski definition) is 4. The van der Waals surface area contributed by atoms with Crippen molar-refractivity contribution in [2.45, 2.75) is 0 Å². The molecule has 0 spiro atoms. The van der Waals surface area contributed by atoms with Crippen LogP contribution in [0.3, 0.4) is 0 Å². The van der Waals surface area contributed by atoms with Crippen molar-refractivity contribution in [2.24, 2.45) is 11.7 Å². The standard InChI is InChI=1S/Al.Fe.Mn.H4N2.H2O4S.Zn.3H/c;;;1-2;1-5(2,3)4;;;;/h;;;1-2H2;(H2,1,2,3,4);;;;. The summed E-state index contributed by atoms with van der Waals surface area (Å²) >= 11 is 0. The van der Waals surface area contributed by atoms with E-state index in [4.69, 9.17) is 17.5 Å². The van der Waals surface area contributed by atoms with Crippen LogP contribution in [0.2, 0.25) is 0 Å². The first-order chi connectivity index (χ1) is 3.00. The van der Waals surface area contributed by atoms with Crippen molar-refractivity contribution < 1.29 is 71.1 Å².